The van der Waals surface area contributed by atoms with Crippen molar-refractivity contribution in [2.45, 2.75) is 38.9 Å². The summed E-state index contributed by atoms with van der Waals surface area (Å²) >= 11 is 0. The van der Waals surface area contributed by atoms with E-state index in [4.69, 9.17) is 10.1 Å². The molecule has 5 nitrogen and oxygen atoms in total. The van der Waals surface area contributed by atoms with E-state index in [9.17, 15) is 0 Å². The second-order valence-electron chi connectivity index (χ2n) is 9.80. The van der Waals surface area contributed by atoms with Crippen LogP contribution in [0.2, 0.25) is 0 Å². The van der Waals surface area contributed by atoms with Gasteiger partial charge in [-0.2, -0.15) is 5.10 Å². The van der Waals surface area contributed by atoms with E-state index in [1.165, 1.54) is 16.7 Å². The summed E-state index contributed by atoms with van der Waals surface area (Å²) in [6.07, 6.45) is 0.878. The van der Waals surface area contributed by atoms with Crippen LogP contribution in [0.4, 0.5) is 11.6 Å². The quantitative estimate of drug-likeness (QED) is 0.258. The molecule has 0 saturated heterocycles. The first-order chi connectivity index (χ1) is 18.2. The first kappa shape index (κ1) is 23.0. The number of nitrogens with one attached hydrogen (secondary N) is 1. The molecule has 1 aliphatic heterocycles. The summed E-state index contributed by atoms with van der Waals surface area (Å²) < 4.78 is 2.26. The number of benzene rings is 4. The van der Waals surface area contributed by atoms with Crippen molar-refractivity contribution < 1.29 is 0 Å². The van der Waals surface area contributed by atoms with E-state index in [0.29, 0.717) is 12.6 Å². The smallest absolute Gasteiger partial charge is 0.204 e. The fourth-order valence-electron chi connectivity index (χ4n) is 5.13. The van der Waals surface area contributed by atoms with Crippen molar-refractivity contribution in [2.75, 3.05) is 10.3 Å². The van der Waals surface area contributed by atoms with Gasteiger partial charge in [0.2, 0.25) is 5.95 Å². The van der Waals surface area contributed by atoms with Gasteiger partial charge >= 0.3 is 0 Å². The molecule has 2 heterocycles. The van der Waals surface area contributed by atoms with Gasteiger partial charge in [0.25, 0.3) is 0 Å². The molecule has 0 fully saturated rings. The van der Waals surface area contributed by atoms with Gasteiger partial charge in [-0.05, 0) is 54.8 Å². The van der Waals surface area contributed by atoms with Crippen molar-refractivity contribution in [1.82, 2.24) is 9.55 Å². The first-order valence-electron chi connectivity index (χ1n) is 12.9. The Hall–Kier alpha value is -4.38. The molecule has 1 atom stereocenters. The highest BCUT2D eigenvalue weighted by atomic mass is 15.5. The lowest BCUT2D eigenvalue weighted by molar-refractivity contribution is 0.622. The lowest BCUT2D eigenvalue weighted by atomic mass is 9.98. The summed E-state index contributed by atoms with van der Waals surface area (Å²) in [7, 11) is 0. The number of imidazole rings is 1. The predicted octanol–water partition coefficient (Wildman–Crippen LogP) is 7.59. The second kappa shape index (κ2) is 9.94. The molecule has 0 radical (unpaired) electrons. The Kier molecular flexibility index (Phi) is 6.19. The molecule has 0 bridgehead atoms. The van der Waals surface area contributed by atoms with Gasteiger partial charge < -0.3 is 9.88 Å². The van der Waals surface area contributed by atoms with Gasteiger partial charge in [-0.3, -0.25) is 5.01 Å². The lowest BCUT2D eigenvalue weighted by Crippen LogP contribution is -2.18. The van der Waals surface area contributed by atoms with E-state index in [1.54, 1.807) is 0 Å². The minimum absolute atomic E-state index is 0.173. The van der Waals surface area contributed by atoms with Gasteiger partial charge in [-0.15, -0.1) is 0 Å². The molecule has 1 aliphatic rings. The fourth-order valence-corrected chi connectivity index (χ4v) is 5.13. The highest BCUT2D eigenvalue weighted by Crippen LogP contribution is 2.36. The topological polar surface area (TPSA) is 45.5 Å². The zero-order chi connectivity index (χ0) is 25.2. The maximum atomic E-state index is 5.09. The molecular formula is C32H31N5. The molecule has 37 heavy (non-hydrogen) atoms. The monoisotopic (exact) mass is 485 g/mol. The van der Waals surface area contributed by atoms with Crippen LogP contribution in [0.5, 0.6) is 0 Å². The van der Waals surface area contributed by atoms with Crippen LogP contribution in [0.15, 0.2) is 114 Å². The number of hydrogen-bond donors (Lipinski definition) is 1. The molecule has 0 saturated carbocycles. The van der Waals surface area contributed by atoms with E-state index in [0.717, 1.165) is 34.8 Å². The van der Waals surface area contributed by atoms with Gasteiger partial charge in [0, 0.05) is 19.0 Å². The largest absolute Gasteiger partial charge is 0.352 e. The molecule has 0 aliphatic carbocycles. The third-order valence-electron chi connectivity index (χ3n) is 6.97. The van der Waals surface area contributed by atoms with E-state index in [2.05, 4.69) is 132 Å². The first-order valence-corrected chi connectivity index (χ1v) is 12.9. The van der Waals surface area contributed by atoms with Crippen LogP contribution in [-0.2, 0) is 6.54 Å². The maximum absolute atomic E-state index is 5.09. The van der Waals surface area contributed by atoms with Crippen molar-refractivity contribution >= 4 is 28.4 Å². The maximum Gasteiger partial charge on any atom is 0.204 e. The van der Waals surface area contributed by atoms with Crippen molar-refractivity contribution in [3.05, 3.63) is 126 Å². The highest BCUT2D eigenvalue weighted by Gasteiger charge is 2.29. The number of para-hydroxylation sites is 2. The van der Waals surface area contributed by atoms with Crippen LogP contribution >= 0.6 is 0 Å². The predicted molar refractivity (Wildman–Crippen MR) is 153 cm³/mol. The number of anilines is 2. The zero-order valence-corrected chi connectivity index (χ0v) is 21.3. The average Bonchev–Trinajstić information content (AvgIpc) is 3.55. The van der Waals surface area contributed by atoms with E-state index >= 15 is 0 Å². The third-order valence-corrected chi connectivity index (χ3v) is 6.97. The highest BCUT2D eigenvalue weighted by molar-refractivity contribution is 6.03. The number of hydrogen-bond acceptors (Lipinski definition) is 4. The molecule has 1 unspecified atom stereocenters. The Morgan fingerprint density at radius 1 is 0.811 bits per heavy atom. The molecule has 0 amide bonds. The van der Waals surface area contributed by atoms with Gasteiger partial charge in [-0.25, -0.2) is 4.98 Å². The molecule has 1 aromatic heterocycles. The third kappa shape index (κ3) is 4.60. The van der Waals surface area contributed by atoms with Crippen LogP contribution in [0.25, 0.3) is 11.0 Å². The van der Waals surface area contributed by atoms with Crippen molar-refractivity contribution in [1.29, 1.82) is 0 Å². The summed E-state index contributed by atoms with van der Waals surface area (Å²) in [5, 5.41) is 10.8. The molecular weight excluding hydrogens is 454 g/mol. The molecule has 4 aromatic carbocycles. The summed E-state index contributed by atoms with van der Waals surface area (Å²) in [5.41, 5.74) is 8.04. The molecule has 5 aromatic rings. The Balaban J connectivity index is 1.24. The van der Waals surface area contributed by atoms with Crippen LogP contribution in [0.3, 0.4) is 0 Å². The van der Waals surface area contributed by atoms with E-state index in [-0.39, 0.29) is 6.04 Å². The normalized spacial score (nSPS) is 15.4. The average molecular weight is 486 g/mol. The minimum atomic E-state index is 0.173. The number of nitrogens with zero attached hydrogens (tertiary/aromatic N) is 4. The Morgan fingerprint density at radius 3 is 2.22 bits per heavy atom. The fraction of sp³-hybridized carbons (Fsp3) is 0.188. The minimum Gasteiger partial charge on any atom is -0.352 e. The number of fused-ring (bicyclic) bond motifs is 1. The molecule has 6 rings (SSSR count). The molecule has 1 N–H and O–H groups in total. The molecule has 5 heteroatoms. The van der Waals surface area contributed by atoms with Crippen LogP contribution in [0, 0.1) is 0 Å². The SMILES string of the molecule is CC(C)n1c(NCc2ccc(N3N=C(c4ccccc4)CC3c3ccccc3)cc2)nc2ccccc21. The second-order valence-corrected chi connectivity index (χ2v) is 9.80. The summed E-state index contributed by atoms with van der Waals surface area (Å²) in [4.78, 5) is 4.84. The van der Waals surface area contributed by atoms with Crippen molar-refractivity contribution in [3.63, 3.8) is 0 Å². The lowest BCUT2D eigenvalue weighted by Gasteiger charge is -2.24. The standard InChI is InChI=1S/C32H31N5/c1-23(2)36-30-16-10-9-15-28(30)34-32(36)33-22-24-17-19-27(20-18-24)37-31(26-13-7-4-8-14-26)21-29(35-37)25-11-5-3-6-12-25/h3-20,23,31H,21-22H2,1-2H3,(H,33,34). The number of aromatic nitrogens is 2. The van der Waals surface area contributed by atoms with E-state index < -0.39 is 0 Å². The number of hydrazone groups is 1. The van der Waals surface area contributed by atoms with Gasteiger partial charge in [0.1, 0.15) is 0 Å². The van der Waals surface area contributed by atoms with Crippen molar-refractivity contribution in [3.8, 4) is 0 Å². The summed E-state index contributed by atoms with van der Waals surface area (Å²) in [6.45, 7) is 5.09. The Morgan fingerprint density at radius 2 is 1.49 bits per heavy atom. The van der Waals surface area contributed by atoms with Crippen molar-refractivity contribution in [2.24, 2.45) is 5.10 Å². The number of rotatable bonds is 7. The Labute approximate surface area is 218 Å². The van der Waals surface area contributed by atoms with Gasteiger partial charge in [0.05, 0.1) is 28.5 Å². The van der Waals surface area contributed by atoms with Gasteiger partial charge in [0.15, 0.2) is 0 Å². The summed E-state index contributed by atoms with van der Waals surface area (Å²) in [5.74, 6) is 0.904. The Bertz CT molecular complexity index is 1520. The summed E-state index contributed by atoms with van der Waals surface area (Å²) in [6, 6.07) is 38.7. The zero-order valence-electron chi connectivity index (χ0n) is 21.3. The van der Waals surface area contributed by atoms with Crippen LogP contribution < -0.4 is 10.3 Å². The van der Waals surface area contributed by atoms with Crippen LogP contribution in [-0.4, -0.2) is 15.3 Å². The molecule has 184 valence electrons. The molecule has 0 spiro atoms. The van der Waals surface area contributed by atoms with Gasteiger partial charge in [-0.1, -0.05) is 84.9 Å². The van der Waals surface area contributed by atoms with Crippen LogP contribution in [0.1, 0.15) is 49.0 Å². The van der Waals surface area contributed by atoms with E-state index in [1.807, 2.05) is 6.07 Å².